The van der Waals surface area contributed by atoms with Gasteiger partial charge in [0.05, 0.1) is 0 Å². The van der Waals surface area contributed by atoms with Gasteiger partial charge in [0.2, 0.25) is 0 Å². The molecule has 0 bridgehead atoms. The molecule has 2 rings (SSSR count). The number of benzene rings is 1. The molecule has 0 N–H and O–H groups in total. The van der Waals surface area contributed by atoms with Gasteiger partial charge in [-0.25, -0.2) is 0 Å². The molecule has 0 unspecified atom stereocenters. The number of ether oxygens (including phenoxy) is 1. The van der Waals surface area contributed by atoms with Crippen LogP contribution in [-0.2, 0) is 9.31 Å². The van der Waals surface area contributed by atoms with Gasteiger partial charge >= 0.3 is 13.7 Å². The van der Waals surface area contributed by atoms with E-state index in [2.05, 4.69) is 18.6 Å². The first kappa shape index (κ1) is 13.3. The van der Waals surface area contributed by atoms with E-state index in [4.69, 9.17) is 9.31 Å². The van der Waals surface area contributed by atoms with E-state index in [9.17, 15) is 8.78 Å². The van der Waals surface area contributed by atoms with Gasteiger partial charge in [-0.1, -0.05) is 26.0 Å². The molecule has 1 fully saturated rings. The van der Waals surface area contributed by atoms with Crippen molar-refractivity contribution in [2.45, 2.75) is 20.5 Å². The third kappa shape index (κ3) is 3.43. The second kappa shape index (κ2) is 5.24. The van der Waals surface area contributed by atoms with Gasteiger partial charge in [0.15, 0.2) is 0 Å². The minimum absolute atomic E-state index is 0.00915. The van der Waals surface area contributed by atoms with Crippen LogP contribution in [0.2, 0.25) is 0 Å². The number of rotatable bonds is 3. The Balaban J connectivity index is 1.98. The van der Waals surface area contributed by atoms with Crippen molar-refractivity contribution in [2.75, 3.05) is 13.2 Å². The zero-order chi connectivity index (χ0) is 13.2. The van der Waals surface area contributed by atoms with Gasteiger partial charge in [0.25, 0.3) is 0 Å². The van der Waals surface area contributed by atoms with Crippen molar-refractivity contribution >= 4 is 12.6 Å². The highest BCUT2D eigenvalue weighted by Gasteiger charge is 2.33. The highest BCUT2D eigenvalue weighted by Crippen LogP contribution is 2.21. The Morgan fingerprint density at radius 2 is 1.72 bits per heavy atom. The van der Waals surface area contributed by atoms with Crippen molar-refractivity contribution < 1.29 is 22.8 Å². The molecule has 3 nitrogen and oxygen atoms in total. The van der Waals surface area contributed by atoms with Crippen LogP contribution in [0.15, 0.2) is 24.3 Å². The Labute approximate surface area is 105 Å². The molecule has 0 aliphatic carbocycles. The Morgan fingerprint density at radius 3 is 2.22 bits per heavy atom. The number of hydrogen-bond donors (Lipinski definition) is 0. The maximum atomic E-state index is 12.0. The molecule has 0 aromatic heterocycles. The van der Waals surface area contributed by atoms with Crippen molar-refractivity contribution in [3.05, 3.63) is 24.3 Å². The minimum Gasteiger partial charge on any atom is -0.435 e. The zero-order valence-corrected chi connectivity index (χ0v) is 10.4. The van der Waals surface area contributed by atoms with Gasteiger partial charge in [-0.15, -0.1) is 0 Å². The molecular formula is C12H15BF2O3. The van der Waals surface area contributed by atoms with Gasteiger partial charge in [-0.05, 0) is 17.6 Å². The number of halogens is 2. The molecule has 0 spiro atoms. The zero-order valence-electron chi connectivity index (χ0n) is 10.4. The summed E-state index contributed by atoms with van der Waals surface area (Å²) in [6, 6.07) is 6.29. The van der Waals surface area contributed by atoms with E-state index in [1.54, 1.807) is 12.1 Å². The quantitative estimate of drug-likeness (QED) is 0.774. The lowest BCUT2D eigenvalue weighted by molar-refractivity contribution is -0.0498. The molecule has 1 aromatic carbocycles. The van der Waals surface area contributed by atoms with Crippen molar-refractivity contribution in [1.82, 2.24) is 0 Å². The molecule has 18 heavy (non-hydrogen) atoms. The normalized spacial score (nSPS) is 19.1. The maximum absolute atomic E-state index is 12.0. The highest BCUT2D eigenvalue weighted by atomic mass is 19.3. The third-order valence-corrected chi connectivity index (χ3v) is 2.63. The molecular weight excluding hydrogens is 241 g/mol. The first-order valence-corrected chi connectivity index (χ1v) is 5.74. The monoisotopic (exact) mass is 256 g/mol. The molecule has 1 aromatic rings. The van der Waals surface area contributed by atoms with Gasteiger partial charge in [-0.3, -0.25) is 0 Å². The second-order valence-corrected chi connectivity index (χ2v) is 5.07. The Morgan fingerprint density at radius 1 is 1.17 bits per heavy atom. The van der Waals surface area contributed by atoms with E-state index in [0.29, 0.717) is 13.2 Å². The lowest BCUT2D eigenvalue weighted by Crippen LogP contribution is -2.47. The summed E-state index contributed by atoms with van der Waals surface area (Å²) in [4.78, 5) is 0. The summed E-state index contributed by atoms with van der Waals surface area (Å²) in [5, 5.41) is 0. The number of hydrogen-bond acceptors (Lipinski definition) is 3. The fourth-order valence-corrected chi connectivity index (χ4v) is 1.69. The summed E-state index contributed by atoms with van der Waals surface area (Å²) in [5.74, 6) is 0.130. The average molecular weight is 256 g/mol. The van der Waals surface area contributed by atoms with Crippen LogP contribution in [0.1, 0.15) is 13.8 Å². The predicted molar refractivity (Wildman–Crippen MR) is 64.1 cm³/mol. The van der Waals surface area contributed by atoms with E-state index < -0.39 is 13.7 Å². The Hall–Kier alpha value is -1.14. The summed E-state index contributed by atoms with van der Waals surface area (Å²) in [6.45, 7) is 2.52. The van der Waals surface area contributed by atoms with Crippen LogP contribution >= 0.6 is 0 Å². The molecule has 1 aliphatic rings. The molecule has 0 radical (unpaired) electrons. The van der Waals surface area contributed by atoms with Crippen LogP contribution in [0, 0.1) is 5.41 Å². The van der Waals surface area contributed by atoms with Crippen molar-refractivity contribution in [3.63, 3.8) is 0 Å². The third-order valence-electron chi connectivity index (χ3n) is 2.63. The van der Waals surface area contributed by atoms with E-state index in [1.165, 1.54) is 12.1 Å². The number of alkyl halides is 2. The summed E-state index contributed by atoms with van der Waals surface area (Å²) in [6.07, 6.45) is 0. The first-order valence-electron chi connectivity index (χ1n) is 5.74. The molecule has 6 heteroatoms. The van der Waals surface area contributed by atoms with Crippen molar-refractivity contribution in [3.8, 4) is 5.75 Å². The van der Waals surface area contributed by atoms with E-state index in [-0.39, 0.29) is 11.2 Å². The van der Waals surface area contributed by atoms with Gasteiger partial charge in [-0.2, -0.15) is 8.78 Å². The topological polar surface area (TPSA) is 27.7 Å². The van der Waals surface area contributed by atoms with E-state index >= 15 is 0 Å². The summed E-state index contributed by atoms with van der Waals surface area (Å²) >= 11 is 0. The van der Waals surface area contributed by atoms with E-state index in [1.807, 2.05) is 0 Å². The van der Waals surface area contributed by atoms with Crippen LogP contribution < -0.4 is 10.2 Å². The molecule has 0 atom stereocenters. The largest absolute Gasteiger partial charge is 0.493 e. The fourth-order valence-electron chi connectivity index (χ4n) is 1.69. The van der Waals surface area contributed by atoms with Gasteiger partial charge in [0.1, 0.15) is 5.75 Å². The standard InChI is InChI=1S/C12H15BF2O3/c1-12(2)7-16-13(17-8-12)9-3-5-10(6-4-9)18-11(14)15/h3-6,11H,7-8H2,1-2H3. The predicted octanol–water partition coefficient (Wildman–Crippen LogP) is 2.06. The fraction of sp³-hybridized carbons (Fsp3) is 0.500. The second-order valence-electron chi connectivity index (χ2n) is 5.07. The van der Waals surface area contributed by atoms with Crippen LogP contribution in [0.4, 0.5) is 8.78 Å². The first-order chi connectivity index (χ1) is 8.46. The Bertz CT molecular complexity index is 385. The maximum Gasteiger partial charge on any atom is 0.493 e. The van der Waals surface area contributed by atoms with Crippen LogP contribution in [-0.4, -0.2) is 26.9 Å². The average Bonchev–Trinajstić information content (AvgIpc) is 2.30. The summed E-state index contributed by atoms with van der Waals surface area (Å²) in [7, 11) is -0.432. The molecule has 1 aliphatic heterocycles. The van der Waals surface area contributed by atoms with Crippen LogP contribution in [0.3, 0.4) is 0 Å². The van der Waals surface area contributed by atoms with Gasteiger partial charge < -0.3 is 14.0 Å². The smallest absolute Gasteiger partial charge is 0.435 e. The molecule has 1 saturated heterocycles. The molecule has 0 saturated carbocycles. The SMILES string of the molecule is CC1(C)COB(c2ccc(OC(F)F)cc2)OC1. The minimum atomic E-state index is -2.81. The molecule has 1 heterocycles. The Kier molecular flexibility index (Phi) is 3.87. The summed E-state index contributed by atoms with van der Waals surface area (Å²) in [5.41, 5.74) is 0.807. The van der Waals surface area contributed by atoms with Crippen molar-refractivity contribution in [1.29, 1.82) is 0 Å². The highest BCUT2D eigenvalue weighted by molar-refractivity contribution is 6.61. The lowest BCUT2D eigenvalue weighted by atomic mass is 9.76. The molecule has 0 amide bonds. The van der Waals surface area contributed by atoms with Crippen LogP contribution in [0.25, 0.3) is 0 Å². The van der Waals surface area contributed by atoms with E-state index in [0.717, 1.165) is 5.46 Å². The summed E-state index contributed by atoms with van der Waals surface area (Å²) < 4.78 is 39.4. The van der Waals surface area contributed by atoms with Gasteiger partial charge in [0, 0.05) is 18.6 Å². The van der Waals surface area contributed by atoms with Crippen molar-refractivity contribution in [2.24, 2.45) is 5.41 Å². The van der Waals surface area contributed by atoms with Crippen LogP contribution in [0.5, 0.6) is 5.75 Å². The lowest BCUT2D eigenvalue weighted by Gasteiger charge is -2.33. The molecule has 98 valence electrons.